The van der Waals surface area contributed by atoms with Crippen molar-refractivity contribution >= 4 is 16.0 Å². The van der Waals surface area contributed by atoms with Crippen molar-refractivity contribution in [2.75, 3.05) is 20.8 Å². The molecule has 2 aromatic carbocycles. The summed E-state index contributed by atoms with van der Waals surface area (Å²) in [6.45, 7) is 1.90. The van der Waals surface area contributed by atoms with Crippen LogP contribution in [0.25, 0.3) is 0 Å². The second-order valence-corrected chi connectivity index (χ2v) is 8.68. The van der Waals surface area contributed by atoms with Crippen LogP contribution in [0.1, 0.15) is 28.4 Å². The fraction of sp³-hybridized carbons (Fsp3) is 0.273. The molecule has 0 unspecified atom stereocenters. The molecular formula is C22H25N3O6S. The van der Waals surface area contributed by atoms with E-state index in [1.165, 1.54) is 4.31 Å². The van der Waals surface area contributed by atoms with E-state index in [1.807, 2.05) is 0 Å². The number of carbonyl (C=O) groups is 1. The quantitative estimate of drug-likeness (QED) is 0.464. The van der Waals surface area contributed by atoms with Crippen LogP contribution in [0, 0.1) is 0 Å². The van der Waals surface area contributed by atoms with Crippen molar-refractivity contribution in [2.45, 2.75) is 25.0 Å². The molecule has 32 heavy (non-hydrogen) atoms. The molecule has 3 aromatic rings. The van der Waals surface area contributed by atoms with E-state index >= 15 is 0 Å². The lowest BCUT2D eigenvalue weighted by Crippen LogP contribution is -2.31. The van der Waals surface area contributed by atoms with Crippen LogP contribution >= 0.6 is 0 Å². The van der Waals surface area contributed by atoms with Crippen LogP contribution in [-0.4, -0.2) is 49.7 Å². The first-order chi connectivity index (χ1) is 15.4. The fourth-order valence-corrected chi connectivity index (χ4v) is 4.53. The van der Waals surface area contributed by atoms with Gasteiger partial charge in [0.1, 0.15) is 17.1 Å². The number of hydrogen-bond donors (Lipinski definition) is 1. The van der Waals surface area contributed by atoms with E-state index in [9.17, 15) is 13.2 Å². The molecule has 0 saturated heterocycles. The molecule has 3 rings (SSSR count). The fourth-order valence-electron chi connectivity index (χ4n) is 3.05. The first-order valence-corrected chi connectivity index (χ1v) is 11.3. The minimum Gasteiger partial charge on any atom is -0.497 e. The van der Waals surface area contributed by atoms with E-state index in [1.54, 1.807) is 69.7 Å². The van der Waals surface area contributed by atoms with Crippen LogP contribution in [0.15, 0.2) is 59.8 Å². The maximum atomic E-state index is 13.6. The lowest BCUT2D eigenvalue weighted by Gasteiger charge is -2.22. The number of nitrogens with one attached hydrogen (secondary N) is 1. The van der Waals surface area contributed by atoms with Crippen LogP contribution in [-0.2, 0) is 27.8 Å². The summed E-state index contributed by atoms with van der Waals surface area (Å²) < 4.78 is 43.8. The number of esters is 1. The highest BCUT2D eigenvalue weighted by atomic mass is 32.2. The van der Waals surface area contributed by atoms with E-state index in [0.29, 0.717) is 11.5 Å². The lowest BCUT2D eigenvalue weighted by atomic mass is 10.2. The molecule has 9 nitrogen and oxygen atoms in total. The van der Waals surface area contributed by atoms with Crippen LogP contribution in [0.3, 0.4) is 0 Å². The summed E-state index contributed by atoms with van der Waals surface area (Å²) in [5.74, 6) is 0.571. The molecule has 0 bridgehead atoms. The number of methoxy groups -OCH3 is 2. The summed E-state index contributed by atoms with van der Waals surface area (Å²) >= 11 is 0. The monoisotopic (exact) mass is 459 g/mol. The van der Waals surface area contributed by atoms with E-state index in [2.05, 4.69) is 10.2 Å². The number of hydrogen-bond acceptors (Lipinski definition) is 7. The molecule has 170 valence electrons. The van der Waals surface area contributed by atoms with Gasteiger partial charge in [0.05, 0.1) is 27.0 Å². The molecule has 1 aromatic heterocycles. The number of benzene rings is 2. The third-order valence-electron chi connectivity index (χ3n) is 4.73. The Morgan fingerprint density at radius 1 is 0.938 bits per heavy atom. The zero-order valence-corrected chi connectivity index (χ0v) is 18.9. The summed E-state index contributed by atoms with van der Waals surface area (Å²) in [7, 11) is -1.01. The minimum atomic E-state index is -4.13. The van der Waals surface area contributed by atoms with E-state index in [0.717, 1.165) is 17.3 Å². The van der Waals surface area contributed by atoms with Crippen molar-refractivity contribution in [3.8, 4) is 11.5 Å². The van der Waals surface area contributed by atoms with Gasteiger partial charge in [-0.3, -0.25) is 5.10 Å². The van der Waals surface area contributed by atoms with Crippen molar-refractivity contribution < 1.29 is 27.4 Å². The number of ether oxygens (including phenoxy) is 3. The summed E-state index contributed by atoms with van der Waals surface area (Å²) in [5.41, 5.74) is 1.36. The van der Waals surface area contributed by atoms with Gasteiger partial charge in [-0.15, -0.1) is 0 Å². The summed E-state index contributed by atoms with van der Waals surface area (Å²) in [6.07, 6.45) is 1.16. The molecule has 0 aliphatic heterocycles. The van der Waals surface area contributed by atoms with E-state index in [-0.39, 0.29) is 30.3 Å². The van der Waals surface area contributed by atoms with Gasteiger partial charge in [-0.1, -0.05) is 24.3 Å². The van der Waals surface area contributed by atoms with Gasteiger partial charge in [0.2, 0.25) is 0 Å². The van der Waals surface area contributed by atoms with Crippen LogP contribution in [0.2, 0.25) is 0 Å². The van der Waals surface area contributed by atoms with Crippen molar-refractivity contribution in [2.24, 2.45) is 0 Å². The molecule has 0 aliphatic carbocycles. The third kappa shape index (κ3) is 5.27. The number of nitrogens with zero attached hydrogens (tertiary/aromatic N) is 2. The van der Waals surface area contributed by atoms with Crippen molar-refractivity contribution in [3.63, 3.8) is 0 Å². The third-order valence-corrected chi connectivity index (χ3v) is 6.50. The SMILES string of the molecule is CCOC(=O)c1cn[nH]c1S(=O)(=O)N(Cc1ccc(OC)cc1)Cc1ccc(OC)cc1. The van der Waals surface area contributed by atoms with E-state index < -0.39 is 16.0 Å². The van der Waals surface area contributed by atoms with Crippen molar-refractivity contribution in [1.82, 2.24) is 14.5 Å². The standard InChI is InChI=1S/C22H25N3O6S/c1-4-31-22(26)20-13-23-24-21(20)32(27,28)25(14-16-5-9-18(29-2)10-6-16)15-17-7-11-19(30-3)12-8-17/h5-13H,4,14-15H2,1-3H3,(H,23,24). The molecule has 0 radical (unpaired) electrons. The Kier molecular flexibility index (Phi) is 7.49. The Balaban J connectivity index is 1.98. The normalized spacial score (nSPS) is 11.4. The highest BCUT2D eigenvalue weighted by molar-refractivity contribution is 7.89. The first kappa shape index (κ1) is 23.3. The Morgan fingerprint density at radius 2 is 1.44 bits per heavy atom. The smallest absolute Gasteiger partial charge is 0.342 e. The highest BCUT2D eigenvalue weighted by Crippen LogP contribution is 2.24. The largest absolute Gasteiger partial charge is 0.497 e. The molecular weight excluding hydrogens is 434 g/mol. The Labute approximate surface area is 187 Å². The van der Waals surface area contributed by atoms with Gasteiger partial charge in [-0.2, -0.15) is 9.40 Å². The maximum absolute atomic E-state index is 13.6. The molecule has 0 aliphatic rings. The molecule has 0 fully saturated rings. The predicted molar refractivity (Wildman–Crippen MR) is 117 cm³/mol. The Hall–Kier alpha value is -3.37. The second kappa shape index (κ2) is 10.3. The van der Waals surface area contributed by atoms with Crippen LogP contribution in [0.4, 0.5) is 0 Å². The number of sulfonamides is 1. The van der Waals surface area contributed by atoms with Crippen LogP contribution < -0.4 is 9.47 Å². The maximum Gasteiger partial charge on any atom is 0.342 e. The van der Waals surface area contributed by atoms with Crippen molar-refractivity contribution in [1.29, 1.82) is 0 Å². The molecule has 1 heterocycles. The zero-order chi connectivity index (χ0) is 23.1. The number of aromatic nitrogens is 2. The van der Waals surface area contributed by atoms with Crippen LogP contribution in [0.5, 0.6) is 11.5 Å². The number of carbonyl (C=O) groups excluding carboxylic acids is 1. The van der Waals surface area contributed by atoms with Gasteiger partial charge in [-0.25, -0.2) is 13.2 Å². The summed E-state index contributed by atoms with van der Waals surface area (Å²) in [5, 5.41) is 5.91. The van der Waals surface area contributed by atoms with Crippen molar-refractivity contribution in [3.05, 3.63) is 71.4 Å². The number of H-pyrrole nitrogens is 1. The molecule has 0 saturated carbocycles. The lowest BCUT2D eigenvalue weighted by molar-refractivity contribution is 0.0521. The second-order valence-electron chi connectivity index (χ2n) is 6.80. The highest BCUT2D eigenvalue weighted by Gasteiger charge is 2.32. The Morgan fingerprint density at radius 3 is 1.88 bits per heavy atom. The van der Waals surface area contributed by atoms with Gasteiger partial charge in [0, 0.05) is 13.1 Å². The zero-order valence-electron chi connectivity index (χ0n) is 18.1. The summed E-state index contributed by atoms with van der Waals surface area (Å²) in [4.78, 5) is 12.3. The number of aromatic amines is 1. The molecule has 1 N–H and O–H groups in total. The van der Waals surface area contributed by atoms with Gasteiger partial charge < -0.3 is 14.2 Å². The minimum absolute atomic E-state index is 0.0691. The summed E-state index contributed by atoms with van der Waals surface area (Å²) in [6, 6.07) is 14.2. The average molecular weight is 460 g/mol. The van der Waals surface area contributed by atoms with E-state index in [4.69, 9.17) is 14.2 Å². The molecule has 0 amide bonds. The number of rotatable bonds is 10. The van der Waals surface area contributed by atoms with Gasteiger partial charge in [0.25, 0.3) is 10.0 Å². The molecule has 0 spiro atoms. The average Bonchev–Trinajstić information content (AvgIpc) is 3.31. The molecule has 10 heteroatoms. The predicted octanol–water partition coefficient (Wildman–Crippen LogP) is 2.99. The first-order valence-electron chi connectivity index (χ1n) is 9.85. The topological polar surface area (TPSA) is 111 Å². The van der Waals surface area contributed by atoms with Gasteiger partial charge in [-0.05, 0) is 42.3 Å². The molecule has 0 atom stereocenters. The van der Waals surface area contributed by atoms with Gasteiger partial charge >= 0.3 is 5.97 Å². The van der Waals surface area contributed by atoms with Gasteiger partial charge in [0.15, 0.2) is 5.03 Å². The Bertz CT molecular complexity index is 1090.